The van der Waals surface area contributed by atoms with Crippen molar-refractivity contribution in [2.24, 2.45) is 0 Å². The van der Waals surface area contributed by atoms with Gasteiger partial charge in [0.2, 0.25) is 0 Å². The van der Waals surface area contributed by atoms with Gasteiger partial charge in [0.25, 0.3) is 5.91 Å². The molecule has 0 fully saturated rings. The highest BCUT2D eigenvalue weighted by molar-refractivity contribution is 9.10. The number of halogens is 1. The fourth-order valence-electron chi connectivity index (χ4n) is 2.04. The largest absolute Gasteiger partial charge is 0.504 e. The summed E-state index contributed by atoms with van der Waals surface area (Å²) in [7, 11) is 1.44. The maximum absolute atomic E-state index is 12.3. The number of anilines is 1. The maximum Gasteiger partial charge on any atom is 0.266 e. The third-order valence-corrected chi connectivity index (χ3v) is 4.04. The van der Waals surface area contributed by atoms with Crippen molar-refractivity contribution in [1.82, 2.24) is 0 Å². The lowest BCUT2D eigenvalue weighted by atomic mass is 10.1. The summed E-state index contributed by atoms with van der Waals surface area (Å²) in [5.74, 6) is -0.306. The number of rotatable bonds is 4. The molecule has 2 rings (SSSR count). The minimum absolute atomic E-state index is 0.0800. The number of para-hydroxylation sites is 1. The van der Waals surface area contributed by atoms with E-state index in [0.717, 1.165) is 5.56 Å². The quantitative estimate of drug-likeness (QED) is 0.613. The van der Waals surface area contributed by atoms with Crippen LogP contribution in [0.3, 0.4) is 0 Å². The molecule has 0 radical (unpaired) electrons. The van der Waals surface area contributed by atoms with E-state index in [0.29, 0.717) is 21.5 Å². The van der Waals surface area contributed by atoms with Gasteiger partial charge in [-0.25, -0.2) is 0 Å². The third-order valence-electron chi connectivity index (χ3n) is 3.36. The zero-order valence-electron chi connectivity index (χ0n) is 13.1. The molecule has 0 bridgehead atoms. The molecule has 24 heavy (non-hydrogen) atoms. The van der Waals surface area contributed by atoms with E-state index in [1.165, 1.54) is 19.3 Å². The van der Waals surface area contributed by atoms with Crippen molar-refractivity contribution in [3.63, 3.8) is 0 Å². The molecule has 5 nitrogen and oxygen atoms in total. The van der Waals surface area contributed by atoms with Crippen molar-refractivity contribution in [2.75, 3.05) is 12.4 Å². The van der Waals surface area contributed by atoms with Crippen molar-refractivity contribution in [1.29, 1.82) is 5.26 Å². The lowest BCUT2D eigenvalue weighted by Gasteiger charge is -2.09. The summed E-state index contributed by atoms with van der Waals surface area (Å²) < 4.78 is 5.60. The Hall–Kier alpha value is -2.78. The number of amides is 1. The molecule has 0 spiro atoms. The minimum Gasteiger partial charge on any atom is -0.504 e. The van der Waals surface area contributed by atoms with Crippen LogP contribution in [-0.4, -0.2) is 18.1 Å². The van der Waals surface area contributed by atoms with Crippen LogP contribution >= 0.6 is 15.9 Å². The number of benzene rings is 2. The van der Waals surface area contributed by atoms with Gasteiger partial charge in [-0.15, -0.1) is 0 Å². The van der Waals surface area contributed by atoms with E-state index in [1.807, 2.05) is 25.1 Å². The number of nitrogens with one attached hydrogen (secondary N) is 1. The van der Waals surface area contributed by atoms with Gasteiger partial charge in [-0.05, 0) is 42.3 Å². The van der Waals surface area contributed by atoms with Crippen molar-refractivity contribution < 1.29 is 14.6 Å². The summed E-state index contributed by atoms with van der Waals surface area (Å²) in [5, 5.41) is 21.8. The summed E-state index contributed by atoms with van der Waals surface area (Å²) in [6.45, 7) is 1.86. The summed E-state index contributed by atoms with van der Waals surface area (Å²) in [5.41, 5.74) is 1.94. The summed E-state index contributed by atoms with van der Waals surface area (Å²) >= 11 is 3.33. The number of phenols is 1. The molecule has 0 atom stereocenters. The van der Waals surface area contributed by atoms with Crippen LogP contribution in [0.5, 0.6) is 11.5 Å². The van der Waals surface area contributed by atoms with Gasteiger partial charge in [0.15, 0.2) is 11.5 Å². The molecule has 122 valence electrons. The maximum atomic E-state index is 12.3. The lowest BCUT2D eigenvalue weighted by Crippen LogP contribution is -2.14. The molecule has 2 aromatic carbocycles. The highest BCUT2D eigenvalue weighted by Crippen LogP contribution is 2.33. The second-order valence-corrected chi connectivity index (χ2v) is 5.84. The number of methoxy groups -OCH3 is 1. The Kier molecular flexibility index (Phi) is 5.61. The first-order valence-electron chi connectivity index (χ1n) is 7.01. The number of hydrogen-bond donors (Lipinski definition) is 2. The number of aryl methyl sites for hydroxylation is 1. The normalized spacial score (nSPS) is 10.8. The number of aromatic hydroxyl groups is 1. The van der Waals surface area contributed by atoms with Gasteiger partial charge in [0.1, 0.15) is 11.6 Å². The fourth-order valence-corrected chi connectivity index (χ4v) is 2.48. The van der Waals surface area contributed by atoms with E-state index in [1.54, 1.807) is 18.2 Å². The molecule has 6 heteroatoms. The van der Waals surface area contributed by atoms with Gasteiger partial charge < -0.3 is 15.2 Å². The van der Waals surface area contributed by atoms with Crippen LogP contribution in [0.4, 0.5) is 5.69 Å². The SMILES string of the molecule is COc1cc(Br)c(/C=C(\C#N)C(=O)Nc2ccccc2C)cc1O. The van der Waals surface area contributed by atoms with Crippen molar-refractivity contribution >= 4 is 33.6 Å². The second-order valence-electron chi connectivity index (χ2n) is 4.98. The van der Waals surface area contributed by atoms with Crippen LogP contribution in [0.2, 0.25) is 0 Å². The lowest BCUT2D eigenvalue weighted by molar-refractivity contribution is -0.112. The Labute approximate surface area is 148 Å². The molecular weight excluding hydrogens is 372 g/mol. The minimum atomic E-state index is -0.519. The molecule has 2 N–H and O–H groups in total. The van der Waals surface area contributed by atoms with E-state index >= 15 is 0 Å². The van der Waals surface area contributed by atoms with Crippen LogP contribution in [-0.2, 0) is 4.79 Å². The molecule has 1 amide bonds. The first-order chi connectivity index (χ1) is 11.5. The molecule has 0 heterocycles. The average Bonchev–Trinajstić information content (AvgIpc) is 2.57. The van der Waals surface area contributed by atoms with Crippen molar-refractivity contribution in [2.45, 2.75) is 6.92 Å². The highest BCUT2D eigenvalue weighted by Gasteiger charge is 2.13. The number of carbonyl (C=O) groups excluding carboxylic acids is 1. The zero-order valence-corrected chi connectivity index (χ0v) is 14.7. The standard InChI is InChI=1S/C18H15BrN2O3/c1-11-5-3-4-6-15(11)21-18(23)13(10-20)7-12-8-16(22)17(24-2)9-14(12)19/h3-9,22H,1-2H3,(H,21,23)/b13-7+. The van der Waals surface area contributed by atoms with Crippen LogP contribution in [0, 0.1) is 18.3 Å². The van der Waals surface area contributed by atoms with Gasteiger partial charge in [0, 0.05) is 10.2 Å². The Balaban J connectivity index is 2.33. The molecule has 0 aliphatic rings. The predicted molar refractivity (Wildman–Crippen MR) is 95.8 cm³/mol. The van der Waals surface area contributed by atoms with Crippen LogP contribution in [0.15, 0.2) is 46.4 Å². The van der Waals surface area contributed by atoms with E-state index in [9.17, 15) is 15.2 Å². The second kappa shape index (κ2) is 7.66. The van der Waals surface area contributed by atoms with E-state index in [4.69, 9.17) is 4.74 Å². The summed E-state index contributed by atoms with van der Waals surface area (Å²) in [6, 6.07) is 12.2. The van der Waals surface area contributed by atoms with E-state index < -0.39 is 5.91 Å². The molecule has 0 aliphatic heterocycles. The number of nitrogens with zero attached hydrogens (tertiary/aromatic N) is 1. The van der Waals surface area contributed by atoms with Crippen LogP contribution in [0.25, 0.3) is 6.08 Å². The Bertz CT molecular complexity index is 854. The third kappa shape index (κ3) is 3.94. The van der Waals surface area contributed by atoms with Gasteiger partial charge in [-0.1, -0.05) is 34.1 Å². The first-order valence-corrected chi connectivity index (χ1v) is 7.81. The average molecular weight is 387 g/mol. The van der Waals surface area contributed by atoms with Gasteiger partial charge in [-0.3, -0.25) is 4.79 Å². The molecular formula is C18H15BrN2O3. The Morgan fingerprint density at radius 2 is 2.08 bits per heavy atom. The molecule has 0 aliphatic carbocycles. The topological polar surface area (TPSA) is 82.3 Å². The molecule has 0 saturated carbocycles. The number of hydrogen-bond acceptors (Lipinski definition) is 4. The smallest absolute Gasteiger partial charge is 0.266 e. The number of carbonyl (C=O) groups is 1. The monoisotopic (exact) mass is 386 g/mol. The fraction of sp³-hybridized carbons (Fsp3) is 0.111. The van der Waals surface area contributed by atoms with Crippen molar-refractivity contribution in [3.05, 3.63) is 57.6 Å². The Morgan fingerprint density at radius 1 is 1.38 bits per heavy atom. The molecule has 2 aromatic rings. The van der Waals surface area contributed by atoms with Crippen molar-refractivity contribution in [3.8, 4) is 17.6 Å². The molecule has 0 saturated heterocycles. The number of ether oxygens (including phenoxy) is 1. The predicted octanol–water partition coefficient (Wildman–Crippen LogP) is 4.02. The van der Waals surface area contributed by atoms with Gasteiger partial charge >= 0.3 is 0 Å². The number of phenolic OH excluding ortho intramolecular Hbond substituents is 1. The Morgan fingerprint density at radius 3 is 2.71 bits per heavy atom. The van der Waals surface area contributed by atoms with Crippen LogP contribution < -0.4 is 10.1 Å². The first kappa shape index (κ1) is 17.6. The molecule has 0 unspecified atom stereocenters. The molecule has 0 aromatic heterocycles. The number of nitriles is 1. The summed E-state index contributed by atoms with van der Waals surface area (Å²) in [6.07, 6.45) is 1.40. The van der Waals surface area contributed by atoms with E-state index in [-0.39, 0.29) is 11.3 Å². The highest BCUT2D eigenvalue weighted by atomic mass is 79.9. The van der Waals surface area contributed by atoms with Gasteiger partial charge in [-0.2, -0.15) is 5.26 Å². The zero-order chi connectivity index (χ0) is 17.7. The summed E-state index contributed by atoms with van der Waals surface area (Å²) in [4.78, 5) is 12.3. The van der Waals surface area contributed by atoms with Gasteiger partial charge in [0.05, 0.1) is 7.11 Å². The van der Waals surface area contributed by atoms with E-state index in [2.05, 4.69) is 21.2 Å². The van der Waals surface area contributed by atoms with Crippen LogP contribution in [0.1, 0.15) is 11.1 Å².